The number of aromatic nitrogens is 1. The van der Waals surface area contributed by atoms with Crippen LogP contribution in [0.25, 0.3) is 0 Å². The molecule has 1 aliphatic carbocycles. The third-order valence-corrected chi connectivity index (χ3v) is 4.74. The van der Waals surface area contributed by atoms with Crippen LogP contribution >= 0.6 is 11.5 Å². The molecule has 0 atom stereocenters. The molecule has 0 unspecified atom stereocenters. The molecule has 2 rings (SSSR count). The average Bonchev–Trinajstić information content (AvgIpc) is 2.87. The van der Waals surface area contributed by atoms with E-state index in [9.17, 15) is 9.59 Å². The molecule has 6 nitrogen and oxygen atoms in total. The highest BCUT2D eigenvalue weighted by Crippen LogP contribution is 2.25. The minimum Gasteiger partial charge on any atom is -0.465 e. The van der Waals surface area contributed by atoms with Crippen molar-refractivity contribution in [3.63, 3.8) is 0 Å². The minimum absolute atomic E-state index is 0.145. The number of carbonyl (C=O) groups excluding carboxylic acids is 1. The fourth-order valence-electron chi connectivity index (χ4n) is 2.72. The van der Waals surface area contributed by atoms with Crippen LogP contribution in [-0.2, 0) is 6.42 Å². The lowest BCUT2D eigenvalue weighted by Gasteiger charge is -2.21. The van der Waals surface area contributed by atoms with E-state index in [2.05, 4.69) is 15.0 Å². The topological polar surface area (TPSA) is 91.3 Å². The molecule has 116 valence electrons. The molecule has 1 aromatic heterocycles. The Kier molecular flexibility index (Phi) is 5.55. The number of rotatable bonds is 5. The summed E-state index contributed by atoms with van der Waals surface area (Å²) >= 11 is 1.05. The van der Waals surface area contributed by atoms with Crippen molar-refractivity contribution in [2.75, 3.05) is 11.9 Å². The maximum Gasteiger partial charge on any atom is 0.410 e. The third kappa shape index (κ3) is 4.17. The number of amides is 2. The Hall–Kier alpha value is -1.63. The summed E-state index contributed by atoms with van der Waals surface area (Å²) in [6, 6.07) is 0. The lowest BCUT2D eigenvalue weighted by Crippen LogP contribution is -2.30. The van der Waals surface area contributed by atoms with E-state index in [4.69, 9.17) is 5.11 Å². The van der Waals surface area contributed by atoms with Gasteiger partial charge in [-0.1, -0.05) is 26.2 Å². The lowest BCUT2D eigenvalue weighted by molar-refractivity contribution is 0.0946. The first kappa shape index (κ1) is 15.8. The highest BCUT2D eigenvalue weighted by Gasteiger charge is 2.21. The van der Waals surface area contributed by atoms with Crippen LogP contribution in [0.5, 0.6) is 0 Å². The molecule has 1 fully saturated rings. The molecule has 0 radical (unpaired) electrons. The Bertz CT molecular complexity index is 510. The van der Waals surface area contributed by atoms with E-state index in [1.54, 1.807) is 0 Å². The summed E-state index contributed by atoms with van der Waals surface area (Å²) in [7, 11) is 0. The van der Waals surface area contributed by atoms with Crippen molar-refractivity contribution in [2.45, 2.75) is 45.4 Å². The highest BCUT2D eigenvalue weighted by molar-refractivity contribution is 7.08. The fourth-order valence-corrected chi connectivity index (χ4v) is 3.57. The molecule has 2 amide bonds. The molecule has 1 saturated carbocycles. The predicted molar refractivity (Wildman–Crippen MR) is 82.0 cm³/mol. The number of hydrogen-bond acceptors (Lipinski definition) is 4. The SMILES string of the molecule is CCc1c(NC(=O)O)nsc1C(=O)NCC1CCCCC1. The van der Waals surface area contributed by atoms with Gasteiger partial charge in [-0.05, 0) is 36.7 Å². The molecule has 1 aromatic rings. The standard InChI is InChI=1S/C14H21N3O3S/c1-2-10-11(21-17-12(10)16-14(19)20)13(18)15-8-9-6-4-3-5-7-9/h9H,2-8H2,1H3,(H,15,18)(H,16,17)(H,19,20). The summed E-state index contributed by atoms with van der Waals surface area (Å²) in [5, 5.41) is 14.0. The normalized spacial score (nSPS) is 15.7. The largest absolute Gasteiger partial charge is 0.465 e. The first-order valence-corrected chi connectivity index (χ1v) is 8.15. The Morgan fingerprint density at radius 1 is 1.33 bits per heavy atom. The van der Waals surface area contributed by atoms with Gasteiger partial charge in [-0.25, -0.2) is 4.79 Å². The molecule has 7 heteroatoms. The molecule has 3 N–H and O–H groups in total. The van der Waals surface area contributed by atoms with Crippen LogP contribution in [0.4, 0.5) is 10.6 Å². The fraction of sp³-hybridized carbons (Fsp3) is 0.643. The van der Waals surface area contributed by atoms with Gasteiger partial charge in [-0.15, -0.1) is 0 Å². The van der Waals surface area contributed by atoms with Crippen LogP contribution in [0, 0.1) is 5.92 Å². The van der Waals surface area contributed by atoms with Crippen molar-refractivity contribution in [1.29, 1.82) is 0 Å². The molecule has 1 heterocycles. The van der Waals surface area contributed by atoms with E-state index in [0.717, 1.165) is 11.5 Å². The molecule has 0 spiro atoms. The summed E-state index contributed by atoms with van der Waals surface area (Å²) in [4.78, 5) is 23.5. The molecule has 0 aromatic carbocycles. The van der Waals surface area contributed by atoms with Gasteiger partial charge in [0.05, 0.1) is 0 Å². The maximum absolute atomic E-state index is 12.3. The molecule has 21 heavy (non-hydrogen) atoms. The first-order chi connectivity index (χ1) is 10.1. The Labute approximate surface area is 128 Å². The molecular weight excluding hydrogens is 290 g/mol. The van der Waals surface area contributed by atoms with E-state index in [0.29, 0.717) is 29.3 Å². The minimum atomic E-state index is -1.16. The van der Waals surface area contributed by atoms with E-state index >= 15 is 0 Å². The zero-order valence-corrected chi connectivity index (χ0v) is 13.0. The van der Waals surface area contributed by atoms with Crippen LogP contribution in [0.1, 0.15) is 54.3 Å². The van der Waals surface area contributed by atoms with Crippen molar-refractivity contribution < 1.29 is 14.7 Å². The molecule has 0 aliphatic heterocycles. The number of carbonyl (C=O) groups is 2. The summed E-state index contributed by atoms with van der Waals surface area (Å²) in [6.45, 7) is 2.58. The molecular formula is C14H21N3O3S. The Morgan fingerprint density at radius 3 is 2.67 bits per heavy atom. The number of nitrogens with one attached hydrogen (secondary N) is 2. The summed E-state index contributed by atoms with van der Waals surface area (Å²) in [6.07, 6.45) is 5.54. The number of nitrogens with zero attached hydrogens (tertiary/aromatic N) is 1. The van der Waals surface area contributed by atoms with Gasteiger partial charge in [-0.3, -0.25) is 10.1 Å². The van der Waals surface area contributed by atoms with Crippen LogP contribution in [0.2, 0.25) is 0 Å². The lowest BCUT2D eigenvalue weighted by atomic mass is 9.89. The van der Waals surface area contributed by atoms with Crippen molar-refractivity contribution in [3.8, 4) is 0 Å². The van der Waals surface area contributed by atoms with Gasteiger partial charge in [0.2, 0.25) is 0 Å². The zero-order valence-electron chi connectivity index (χ0n) is 12.1. The van der Waals surface area contributed by atoms with E-state index in [1.807, 2.05) is 6.92 Å². The summed E-state index contributed by atoms with van der Waals surface area (Å²) in [5.41, 5.74) is 0.670. The number of hydrogen-bond donors (Lipinski definition) is 3. The van der Waals surface area contributed by atoms with Crippen LogP contribution in [-0.4, -0.2) is 28.0 Å². The van der Waals surface area contributed by atoms with E-state index in [1.165, 1.54) is 32.1 Å². The average molecular weight is 311 g/mol. The van der Waals surface area contributed by atoms with E-state index in [-0.39, 0.29) is 11.7 Å². The van der Waals surface area contributed by atoms with Crippen molar-refractivity contribution in [1.82, 2.24) is 9.69 Å². The van der Waals surface area contributed by atoms with Crippen molar-refractivity contribution in [2.24, 2.45) is 5.92 Å². The highest BCUT2D eigenvalue weighted by atomic mass is 32.1. The number of carboxylic acid groups (broad SMARTS) is 1. The van der Waals surface area contributed by atoms with Crippen LogP contribution in [0.15, 0.2) is 0 Å². The van der Waals surface area contributed by atoms with Gasteiger partial charge < -0.3 is 10.4 Å². The maximum atomic E-state index is 12.3. The van der Waals surface area contributed by atoms with Crippen molar-refractivity contribution >= 4 is 29.4 Å². The van der Waals surface area contributed by atoms with Crippen LogP contribution in [0.3, 0.4) is 0 Å². The van der Waals surface area contributed by atoms with Gasteiger partial charge in [0.15, 0.2) is 5.82 Å². The van der Waals surface area contributed by atoms with Gasteiger partial charge in [0.25, 0.3) is 5.91 Å². The Balaban J connectivity index is 1.97. The quantitative estimate of drug-likeness (QED) is 0.779. The van der Waals surface area contributed by atoms with Gasteiger partial charge >= 0.3 is 6.09 Å². The first-order valence-electron chi connectivity index (χ1n) is 7.38. The van der Waals surface area contributed by atoms with Gasteiger partial charge in [-0.2, -0.15) is 4.37 Å². The molecule has 1 aliphatic rings. The zero-order chi connectivity index (χ0) is 15.2. The predicted octanol–water partition coefficient (Wildman–Crippen LogP) is 3.11. The second kappa shape index (κ2) is 7.40. The van der Waals surface area contributed by atoms with E-state index < -0.39 is 6.09 Å². The molecule has 0 bridgehead atoms. The van der Waals surface area contributed by atoms with Gasteiger partial charge in [0, 0.05) is 12.1 Å². The summed E-state index contributed by atoms with van der Waals surface area (Å²) in [5.74, 6) is 0.698. The monoisotopic (exact) mass is 311 g/mol. The number of anilines is 1. The second-order valence-corrected chi connectivity index (χ2v) is 6.11. The second-order valence-electron chi connectivity index (χ2n) is 5.34. The smallest absolute Gasteiger partial charge is 0.410 e. The van der Waals surface area contributed by atoms with Crippen LogP contribution < -0.4 is 10.6 Å². The molecule has 0 saturated heterocycles. The van der Waals surface area contributed by atoms with Gasteiger partial charge in [0.1, 0.15) is 4.88 Å². The summed E-state index contributed by atoms with van der Waals surface area (Å²) < 4.78 is 4.03. The Morgan fingerprint density at radius 2 is 2.05 bits per heavy atom. The van der Waals surface area contributed by atoms with Crippen molar-refractivity contribution in [3.05, 3.63) is 10.4 Å². The third-order valence-electron chi connectivity index (χ3n) is 3.85.